The fraction of sp³-hybridized carbons (Fsp3) is 0.250. The third-order valence-corrected chi connectivity index (χ3v) is 6.48. The second-order valence-corrected chi connectivity index (χ2v) is 8.74. The van der Waals surface area contributed by atoms with Gasteiger partial charge in [0.15, 0.2) is 11.0 Å². The lowest BCUT2D eigenvalue weighted by molar-refractivity contribution is -0.115. The first kappa shape index (κ1) is 23.4. The predicted molar refractivity (Wildman–Crippen MR) is 132 cm³/mol. The fourth-order valence-corrected chi connectivity index (χ4v) is 4.54. The van der Waals surface area contributed by atoms with Crippen molar-refractivity contribution >= 4 is 23.4 Å². The summed E-state index contributed by atoms with van der Waals surface area (Å²) in [5.41, 5.74) is 2.31. The van der Waals surface area contributed by atoms with E-state index in [1.54, 1.807) is 24.1 Å². The van der Waals surface area contributed by atoms with Crippen molar-refractivity contribution in [3.8, 4) is 17.1 Å². The highest BCUT2D eigenvalue weighted by Crippen LogP contribution is 2.27. The van der Waals surface area contributed by atoms with E-state index < -0.39 is 0 Å². The molecule has 0 spiro atoms. The van der Waals surface area contributed by atoms with Gasteiger partial charge < -0.3 is 9.73 Å². The number of hydrogen-bond acceptors (Lipinski definition) is 6. The highest BCUT2D eigenvalue weighted by molar-refractivity contribution is 7.99. The molecule has 0 aliphatic rings. The van der Waals surface area contributed by atoms with Gasteiger partial charge in [-0.25, -0.2) is 4.68 Å². The van der Waals surface area contributed by atoms with E-state index in [0.29, 0.717) is 29.0 Å². The molecule has 9 nitrogen and oxygen atoms in total. The van der Waals surface area contributed by atoms with Crippen LogP contribution >= 0.6 is 11.8 Å². The Morgan fingerprint density at radius 1 is 1.21 bits per heavy atom. The van der Waals surface area contributed by atoms with E-state index in [1.165, 1.54) is 16.4 Å². The molecule has 0 aliphatic carbocycles. The van der Waals surface area contributed by atoms with Gasteiger partial charge >= 0.3 is 0 Å². The Morgan fingerprint density at radius 2 is 1.97 bits per heavy atom. The van der Waals surface area contributed by atoms with Crippen molar-refractivity contribution in [1.82, 2.24) is 24.1 Å². The Hall–Kier alpha value is -3.79. The molecule has 0 radical (unpaired) electrons. The number of nitrogens with one attached hydrogen (secondary N) is 1. The molecule has 0 saturated carbocycles. The minimum Gasteiger partial charge on any atom is -0.469 e. The van der Waals surface area contributed by atoms with Crippen molar-refractivity contribution in [1.29, 1.82) is 0 Å². The standard InChI is InChI=1S/C24H26N6O3S/c1-5-13-29-22(19-11-14-33-17(19)3)26-27-24(29)34-15-12-20(31)25-21-16(2)28(4)30(23(21)32)18-9-7-6-8-10-18/h5-11,14H,1,12-13,15H2,2-4H3,(H,25,31). The number of amides is 1. The summed E-state index contributed by atoms with van der Waals surface area (Å²) in [5, 5.41) is 12.1. The lowest BCUT2D eigenvalue weighted by Gasteiger charge is -2.07. The molecule has 1 N–H and O–H groups in total. The summed E-state index contributed by atoms with van der Waals surface area (Å²) >= 11 is 1.43. The minimum atomic E-state index is -0.266. The average Bonchev–Trinajstić information content (AvgIpc) is 3.48. The number of thioether (sulfide) groups is 1. The number of rotatable bonds is 9. The number of carbonyl (C=O) groups excluding carboxylic acids is 1. The maximum atomic E-state index is 13.0. The molecular weight excluding hydrogens is 452 g/mol. The quantitative estimate of drug-likeness (QED) is 0.289. The zero-order valence-corrected chi connectivity index (χ0v) is 20.1. The van der Waals surface area contributed by atoms with E-state index in [2.05, 4.69) is 22.1 Å². The molecule has 34 heavy (non-hydrogen) atoms. The van der Waals surface area contributed by atoms with Gasteiger partial charge in [-0.15, -0.1) is 16.8 Å². The van der Waals surface area contributed by atoms with Crippen LogP contribution in [0, 0.1) is 13.8 Å². The number of hydrogen-bond donors (Lipinski definition) is 1. The molecule has 3 aromatic heterocycles. The zero-order chi connectivity index (χ0) is 24.2. The number of aryl methyl sites for hydroxylation is 1. The number of carbonyl (C=O) groups is 1. The molecule has 0 aliphatic heterocycles. The molecule has 0 unspecified atom stereocenters. The summed E-state index contributed by atoms with van der Waals surface area (Å²) in [4.78, 5) is 25.6. The number of furan rings is 1. The molecule has 1 aromatic carbocycles. The molecule has 0 saturated heterocycles. The molecule has 10 heteroatoms. The smallest absolute Gasteiger partial charge is 0.295 e. The molecule has 0 bridgehead atoms. The zero-order valence-electron chi connectivity index (χ0n) is 19.3. The van der Waals surface area contributed by atoms with Crippen molar-refractivity contribution in [2.45, 2.75) is 32.0 Å². The highest BCUT2D eigenvalue weighted by Gasteiger charge is 2.19. The van der Waals surface area contributed by atoms with Crippen LogP contribution in [0.3, 0.4) is 0 Å². The first-order chi connectivity index (χ1) is 16.4. The molecule has 4 rings (SSSR count). The normalized spacial score (nSPS) is 11.0. The van der Waals surface area contributed by atoms with Gasteiger partial charge in [-0.3, -0.25) is 18.8 Å². The second kappa shape index (κ2) is 10.0. The summed E-state index contributed by atoms with van der Waals surface area (Å²) in [6.07, 6.45) is 3.60. The Kier molecular flexibility index (Phi) is 6.87. The third-order valence-electron chi connectivity index (χ3n) is 5.51. The topological polar surface area (TPSA) is 99.9 Å². The molecule has 0 atom stereocenters. The Morgan fingerprint density at radius 3 is 2.65 bits per heavy atom. The second-order valence-electron chi connectivity index (χ2n) is 7.68. The van der Waals surface area contributed by atoms with Gasteiger partial charge in [0.1, 0.15) is 11.4 Å². The Bertz CT molecular complexity index is 1380. The van der Waals surface area contributed by atoms with Crippen molar-refractivity contribution in [3.05, 3.63) is 77.1 Å². The van der Waals surface area contributed by atoms with Crippen LogP contribution in [0.2, 0.25) is 0 Å². The monoisotopic (exact) mass is 478 g/mol. The number of allylic oxidation sites excluding steroid dienone is 1. The number of nitrogens with zero attached hydrogens (tertiary/aromatic N) is 5. The lowest BCUT2D eigenvalue weighted by atomic mass is 10.2. The van der Waals surface area contributed by atoms with Crippen molar-refractivity contribution in [2.75, 3.05) is 11.1 Å². The molecule has 1 amide bonds. The maximum Gasteiger partial charge on any atom is 0.295 e. The van der Waals surface area contributed by atoms with E-state index in [0.717, 1.165) is 17.0 Å². The summed E-state index contributed by atoms with van der Waals surface area (Å²) in [6.45, 7) is 8.03. The van der Waals surface area contributed by atoms with E-state index in [9.17, 15) is 9.59 Å². The Labute approximate surface area is 201 Å². The van der Waals surface area contributed by atoms with Crippen LogP contribution in [-0.2, 0) is 18.4 Å². The van der Waals surface area contributed by atoms with Crippen LogP contribution in [-0.4, -0.2) is 35.8 Å². The van der Waals surface area contributed by atoms with E-state index >= 15 is 0 Å². The number of benzene rings is 1. The van der Waals surface area contributed by atoms with Crippen LogP contribution in [0.1, 0.15) is 17.9 Å². The average molecular weight is 479 g/mol. The van der Waals surface area contributed by atoms with E-state index in [-0.39, 0.29) is 23.6 Å². The number of anilines is 1. The van der Waals surface area contributed by atoms with Crippen LogP contribution in [0.4, 0.5) is 5.69 Å². The van der Waals surface area contributed by atoms with Crippen LogP contribution in [0.15, 0.2) is 69.7 Å². The van der Waals surface area contributed by atoms with E-state index in [1.807, 2.05) is 54.8 Å². The highest BCUT2D eigenvalue weighted by atomic mass is 32.2. The number of aromatic nitrogens is 5. The summed E-state index contributed by atoms with van der Waals surface area (Å²) in [5.74, 6) is 1.69. The van der Waals surface area contributed by atoms with Crippen molar-refractivity contribution in [2.24, 2.45) is 7.05 Å². The SMILES string of the molecule is C=CCn1c(SCCC(=O)Nc2c(C)n(C)n(-c3ccccc3)c2=O)nnc1-c1ccoc1C. The van der Waals surface area contributed by atoms with Crippen molar-refractivity contribution in [3.63, 3.8) is 0 Å². The molecule has 4 aromatic rings. The minimum absolute atomic E-state index is 0.213. The lowest BCUT2D eigenvalue weighted by Crippen LogP contribution is -2.23. The van der Waals surface area contributed by atoms with Crippen molar-refractivity contribution < 1.29 is 9.21 Å². The van der Waals surface area contributed by atoms with Gasteiger partial charge in [-0.1, -0.05) is 36.0 Å². The van der Waals surface area contributed by atoms with Gasteiger partial charge in [0.25, 0.3) is 5.56 Å². The molecule has 176 valence electrons. The number of para-hydroxylation sites is 1. The first-order valence-electron chi connectivity index (χ1n) is 10.8. The van der Waals surface area contributed by atoms with Gasteiger partial charge in [-0.2, -0.15) is 0 Å². The largest absolute Gasteiger partial charge is 0.469 e. The summed E-state index contributed by atoms with van der Waals surface area (Å²) in [6, 6.07) is 11.2. The predicted octanol–water partition coefficient (Wildman–Crippen LogP) is 3.95. The van der Waals surface area contributed by atoms with Gasteiger partial charge in [0.05, 0.1) is 23.2 Å². The van der Waals surface area contributed by atoms with Crippen LogP contribution in [0.25, 0.3) is 17.1 Å². The Balaban J connectivity index is 1.44. The maximum absolute atomic E-state index is 13.0. The van der Waals surface area contributed by atoms with Gasteiger partial charge in [0.2, 0.25) is 5.91 Å². The summed E-state index contributed by atoms with van der Waals surface area (Å²) < 4.78 is 10.6. The van der Waals surface area contributed by atoms with Crippen LogP contribution < -0.4 is 10.9 Å². The van der Waals surface area contributed by atoms with Gasteiger partial charge in [-0.05, 0) is 32.0 Å². The first-order valence-corrected chi connectivity index (χ1v) is 11.8. The molecule has 0 fully saturated rings. The molecule has 3 heterocycles. The van der Waals surface area contributed by atoms with Crippen LogP contribution in [0.5, 0.6) is 0 Å². The summed E-state index contributed by atoms with van der Waals surface area (Å²) in [7, 11) is 1.79. The van der Waals surface area contributed by atoms with E-state index in [4.69, 9.17) is 4.42 Å². The molecular formula is C24H26N6O3S. The third kappa shape index (κ3) is 4.49. The fourth-order valence-electron chi connectivity index (χ4n) is 3.65. The van der Waals surface area contributed by atoms with Gasteiger partial charge in [0, 0.05) is 25.8 Å².